The maximum atomic E-state index is 6.07. The number of pyridine rings is 1. The highest BCUT2D eigenvalue weighted by Gasteiger charge is 2.46. The first-order chi connectivity index (χ1) is 9.35. The normalized spacial score (nSPS) is 18.8. The summed E-state index contributed by atoms with van der Waals surface area (Å²) in [6.45, 7) is 0.830. The highest BCUT2D eigenvalue weighted by molar-refractivity contribution is 5.80. The van der Waals surface area contributed by atoms with Crippen molar-refractivity contribution in [2.45, 2.75) is 12.9 Å². The molecule has 2 aliphatic heterocycles. The van der Waals surface area contributed by atoms with Crippen LogP contribution in [0.4, 0.5) is 0 Å². The molecule has 0 saturated heterocycles. The molecule has 0 amide bonds. The maximum absolute atomic E-state index is 6.07. The Morgan fingerprint density at radius 1 is 1.26 bits per heavy atom. The molecule has 4 nitrogen and oxygen atoms in total. The highest BCUT2D eigenvalue weighted by Crippen LogP contribution is 2.28. The van der Waals surface area contributed by atoms with Gasteiger partial charge in [0.05, 0.1) is 18.7 Å². The van der Waals surface area contributed by atoms with Gasteiger partial charge in [-0.1, -0.05) is 16.7 Å². The van der Waals surface area contributed by atoms with Crippen molar-refractivity contribution < 1.29 is 18.6 Å². The minimum absolute atomic E-state index is 0.0872. The molecule has 0 fully saturated rings. The van der Waals surface area contributed by atoms with E-state index in [4.69, 9.17) is 9.47 Å². The van der Waals surface area contributed by atoms with Crippen molar-refractivity contribution in [3.8, 4) is 11.5 Å². The van der Waals surface area contributed by atoms with Crippen molar-refractivity contribution in [2.24, 2.45) is 0 Å². The predicted molar refractivity (Wildman–Crippen MR) is 68.4 cm³/mol. The number of benzene rings is 1. The second kappa shape index (κ2) is 3.82. The zero-order valence-corrected chi connectivity index (χ0v) is 10.6. The minimum Gasteiger partial charge on any atom is -0.496 e. The van der Waals surface area contributed by atoms with Gasteiger partial charge in [-0.15, -0.1) is 4.58 Å². The molecule has 4 rings (SSSR count). The number of para-hydroxylation sites is 1. The van der Waals surface area contributed by atoms with E-state index in [-0.39, 0.29) is 6.35 Å². The Bertz CT molecular complexity index is 694. The molecule has 1 aromatic carbocycles. The SMILES string of the molecule is COc1cc[n+]2c(c1)C[N+]1=Cc3ccccc3OC12. The third-order valence-electron chi connectivity index (χ3n) is 3.60. The Labute approximate surface area is 111 Å². The second-order valence-electron chi connectivity index (χ2n) is 4.75. The first-order valence-corrected chi connectivity index (χ1v) is 6.29. The lowest BCUT2D eigenvalue weighted by Gasteiger charge is -2.13. The van der Waals surface area contributed by atoms with Gasteiger partial charge in [0.15, 0.2) is 12.4 Å². The molecule has 1 atom stereocenters. The predicted octanol–water partition coefficient (Wildman–Crippen LogP) is 1.48. The minimum atomic E-state index is -0.0872. The van der Waals surface area contributed by atoms with Crippen LogP contribution in [0.15, 0.2) is 42.6 Å². The molecule has 0 radical (unpaired) electrons. The lowest BCUT2D eigenvalue weighted by atomic mass is 10.2. The molecule has 3 heterocycles. The van der Waals surface area contributed by atoms with E-state index in [0.717, 1.165) is 23.6 Å². The van der Waals surface area contributed by atoms with Crippen LogP contribution < -0.4 is 14.0 Å². The zero-order valence-electron chi connectivity index (χ0n) is 10.6. The van der Waals surface area contributed by atoms with E-state index in [0.29, 0.717) is 0 Å². The molecule has 2 aromatic rings. The molecule has 4 heteroatoms. The Morgan fingerprint density at radius 2 is 2.16 bits per heavy atom. The smallest absolute Gasteiger partial charge is 0.496 e. The number of hydrogen-bond acceptors (Lipinski definition) is 2. The first kappa shape index (κ1) is 10.6. The standard InChI is InChI=1S/C15H14N2O2/c1-18-13-6-7-17-12(8-13)10-16-9-11-4-2-3-5-14(11)19-15(16)17/h2-9,15H,10H2,1H3/q+2. The summed E-state index contributed by atoms with van der Waals surface area (Å²) in [5, 5.41) is 0. The maximum Gasteiger partial charge on any atom is 0.512 e. The molecular weight excluding hydrogens is 240 g/mol. The zero-order chi connectivity index (χ0) is 12.8. The summed E-state index contributed by atoms with van der Waals surface area (Å²) in [6.07, 6.45) is 4.08. The monoisotopic (exact) mass is 254 g/mol. The van der Waals surface area contributed by atoms with Crippen molar-refractivity contribution in [3.05, 3.63) is 53.9 Å². The van der Waals surface area contributed by atoms with Crippen LogP contribution >= 0.6 is 0 Å². The van der Waals surface area contributed by atoms with Gasteiger partial charge in [0.2, 0.25) is 6.54 Å². The summed E-state index contributed by atoms with van der Waals surface area (Å²) < 4.78 is 15.7. The van der Waals surface area contributed by atoms with E-state index in [1.807, 2.05) is 30.5 Å². The fraction of sp³-hybridized carbons (Fsp3) is 0.200. The molecule has 0 saturated carbocycles. The van der Waals surface area contributed by atoms with Crippen molar-refractivity contribution in [3.63, 3.8) is 0 Å². The van der Waals surface area contributed by atoms with E-state index in [1.54, 1.807) is 7.11 Å². The van der Waals surface area contributed by atoms with Gasteiger partial charge in [0.1, 0.15) is 11.5 Å². The van der Waals surface area contributed by atoms with Gasteiger partial charge in [-0.05, 0) is 12.1 Å². The Kier molecular flexibility index (Phi) is 2.12. The van der Waals surface area contributed by atoms with Crippen LogP contribution in [0.5, 0.6) is 11.5 Å². The number of methoxy groups -OCH3 is 1. The van der Waals surface area contributed by atoms with Gasteiger partial charge in [-0.2, -0.15) is 0 Å². The molecule has 94 valence electrons. The van der Waals surface area contributed by atoms with Crippen LogP contribution in [0.3, 0.4) is 0 Å². The van der Waals surface area contributed by atoms with Gasteiger partial charge in [-0.3, -0.25) is 0 Å². The topological polar surface area (TPSA) is 25.3 Å². The summed E-state index contributed by atoms with van der Waals surface area (Å²) in [5.41, 5.74) is 2.31. The summed E-state index contributed by atoms with van der Waals surface area (Å²) in [6, 6.07) is 12.1. The van der Waals surface area contributed by atoms with Crippen molar-refractivity contribution in [1.82, 2.24) is 0 Å². The van der Waals surface area contributed by atoms with Gasteiger partial charge in [-0.25, -0.2) is 0 Å². The van der Waals surface area contributed by atoms with Gasteiger partial charge < -0.3 is 9.47 Å². The van der Waals surface area contributed by atoms with Crippen LogP contribution in [-0.4, -0.2) is 17.9 Å². The third kappa shape index (κ3) is 1.53. The highest BCUT2D eigenvalue weighted by atomic mass is 16.5. The molecule has 1 aromatic heterocycles. The fourth-order valence-corrected chi connectivity index (χ4v) is 2.65. The number of hydrogen-bond donors (Lipinski definition) is 0. The average molecular weight is 254 g/mol. The third-order valence-corrected chi connectivity index (χ3v) is 3.60. The van der Waals surface area contributed by atoms with Crippen molar-refractivity contribution in [2.75, 3.05) is 7.11 Å². The largest absolute Gasteiger partial charge is 0.512 e. The number of aromatic nitrogens is 1. The molecule has 0 N–H and O–H groups in total. The quantitative estimate of drug-likeness (QED) is 0.720. The lowest BCUT2D eigenvalue weighted by Crippen LogP contribution is -2.45. The first-order valence-electron chi connectivity index (χ1n) is 6.29. The van der Waals surface area contributed by atoms with Gasteiger partial charge in [0, 0.05) is 6.07 Å². The summed E-state index contributed by atoms with van der Waals surface area (Å²) >= 11 is 0. The van der Waals surface area contributed by atoms with Crippen LogP contribution in [-0.2, 0) is 6.54 Å². The van der Waals surface area contributed by atoms with Crippen LogP contribution in [0.1, 0.15) is 17.6 Å². The van der Waals surface area contributed by atoms with Crippen molar-refractivity contribution in [1.29, 1.82) is 0 Å². The summed E-state index contributed by atoms with van der Waals surface area (Å²) in [7, 11) is 1.69. The summed E-state index contributed by atoms with van der Waals surface area (Å²) in [5.74, 6) is 1.81. The molecule has 0 bridgehead atoms. The second-order valence-corrected chi connectivity index (χ2v) is 4.75. The van der Waals surface area contributed by atoms with E-state index in [9.17, 15) is 0 Å². The molecule has 0 spiro atoms. The van der Waals surface area contributed by atoms with Gasteiger partial charge in [0.25, 0.3) is 5.69 Å². The molecule has 2 aliphatic rings. The molecule has 19 heavy (non-hydrogen) atoms. The number of ether oxygens (including phenoxy) is 2. The van der Waals surface area contributed by atoms with Crippen molar-refractivity contribution >= 4 is 6.21 Å². The number of rotatable bonds is 1. The van der Waals surface area contributed by atoms with E-state index >= 15 is 0 Å². The number of fused-ring (bicyclic) bond motifs is 4. The Hall–Kier alpha value is -2.36. The van der Waals surface area contributed by atoms with E-state index in [2.05, 4.69) is 27.5 Å². The molecular formula is C15H14N2O2+2. The summed E-state index contributed by atoms with van der Waals surface area (Å²) in [4.78, 5) is 0. The van der Waals surface area contributed by atoms with E-state index in [1.165, 1.54) is 5.69 Å². The Balaban J connectivity index is 1.81. The van der Waals surface area contributed by atoms with Crippen LogP contribution in [0.2, 0.25) is 0 Å². The molecule has 0 aliphatic carbocycles. The average Bonchev–Trinajstić information content (AvgIpc) is 2.81. The lowest BCUT2D eigenvalue weighted by molar-refractivity contribution is -0.880. The number of nitrogens with zero attached hydrogens (tertiary/aromatic N) is 2. The van der Waals surface area contributed by atoms with Gasteiger partial charge >= 0.3 is 6.35 Å². The van der Waals surface area contributed by atoms with Crippen LogP contribution in [0.25, 0.3) is 0 Å². The van der Waals surface area contributed by atoms with Crippen LogP contribution in [0, 0.1) is 0 Å². The Morgan fingerprint density at radius 3 is 3.05 bits per heavy atom. The fourth-order valence-electron chi connectivity index (χ4n) is 2.65. The van der Waals surface area contributed by atoms with E-state index < -0.39 is 0 Å². The molecule has 1 unspecified atom stereocenters.